The number of piperazine rings is 1. The smallest absolute Gasteiger partial charge is 0.276 e. The number of nitrogens with zero attached hydrogens (tertiary/aromatic N) is 2. The number of likely N-dealkylation sites (N-methyl/N-ethyl adjacent to an activating group) is 1. The van der Waals surface area contributed by atoms with E-state index in [0.717, 1.165) is 38.4 Å². The van der Waals surface area contributed by atoms with Gasteiger partial charge in [0.15, 0.2) is 0 Å². The van der Waals surface area contributed by atoms with Crippen LogP contribution < -0.4 is 16.0 Å². The second-order valence-electron chi connectivity index (χ2n) is 5.15. The summed E-state index contributed by atoms with van der Waals surface area (Å²) in [5.74, 6) is -0.698. The van der Waals surface area contributed by atoms with Crippen molar-refractivity contribution in [3.63, 3.8) is 0 Å². The quantitative estimate of drug-likeness (QED) is 0.638. The summed E-state index contributed by atoms with van der Waals surface area (Å²) >= 11 is 16.8. The summed E-state index contributed by atoms with van der Waals surface area (Å²) in [7, 11) is 0. The zero-order valence-electron chi connectivity index (χ0n) is 12.3. The summed E-state index contributed by atoms with van der Waals surface area (Å²) < 4.78 is -2.01. The first-order valence-electron chi connectivity index (χ1n) is 7.06. The van der Waals surface area contributed by atoms with Gasteiger partial charge in [-0.1, -0.05) is 41.7 Å². The van der Waals surface area contributed by atoms with E-state index in [0.29, 0.717) is 11.4 Å². The van der Waals surface area contributed by atoms with E-state index >= 15 is 0 Å². The highest BCUT2D eigenvalue weighted by atomic mass is 35.6. The molecule has 1 saturated heterocycles. The molecule has 0 radical (unpaired) electrons. The number of halogens is 3. The molecule has 0 unspecified atom stereocenters. The number of hydrogen-bond acceptors (Lipinski definition) is 4. The number of nitrogen functional groups attached to an aromatic ring is 1. The average Bonchev–Trinajstić information content (AvgIpc) is 2.47. The molecule has 1 heterocycles. The lowest BCUT2D eigenvalue weighted by molar-refractivity contribution is -0.115. The Hall–Kier alpha value is -0.880. The van der Waals surface area contributed by atoms with Gasteiger partial charge in [0.25, 0.3) is 9.70 Å². The SMILES string of the molecule is CCN1CCN(c2ccc(N)cc2NC(=O)C(Cl)(Cl)Cl)CC1. The van der Waals surface area contributed by atoms with E-state index < -0.39 is 9.70 Å². The van der Waals surface area contributed by atoms with Crippen LogP contribution in [0.1, 0.15) is 6.92 Å². The third-order valence-electron chi connectivity index (χ3n) is 3.69. The number of carbonyl (C=O) groups excluding carboxylic acids is 1. The molecule has 0 atom stereocenters. The van der Waals surface area contributed by atoms with Gasteiger partial charge in [0.1, 0.15) is 0 Å². The number of benzene rings is 1. The average molecular weight is 366 g/mol. The van der Waals surface area contributed by atoms with Crippen molar-refractivity contribution in [1.29, 1.82) is 0 Å². The lowest BCUT2D eigenvalue weighted by atomic mass is 10.2. The number of nitrogens with two attached hydrogens (primary N) is 1. The van der Waals surface area contributed by atoms with Crippen molar-refractivity contribution in [2.45, 2.75) is 10.7 Å². The van der Waals surface area contributed by atoms with Crippen LogP contribution in [-0.2, 0) is 4.79 Å². The van der Waals surface area contributed by atoms with Crippen LogP contribution in [0.5, 0.6) is 0 Å². The molecule has 2 rings (SSSR count). The van der Waals surface area contributed by atoms with Gasteiger partial charge in [-0.15, -0.1) is 0 Å². The number of anilines is 3. The number of nitrogens with one attached hydrogen (secondary N) is 1. The van der Waals surface area contributed by atoms with Gasteiger partial charge in [0.2, 0.25) is 0 Å². The zero-order chi connectivity index (χ0) is 16.3. The Kier molecular flexibility index (Phi) is 5.66. The van der Waals surface area contributed by atoms with Crippen molar-refractivity contribution in [1.82, 2.24) is 4.90 Å². The maximum atomic E-state index is 11.9. The van der Waals surface area contributed by atoms with Crippen molar-refractivity contribution < 1.29 is 4.79 Å². The van der Waals surface area contributed by atoms with Crippen LogP contribution in [0.2, 0.25) is 0 Å². The van der Waals surface area contributed by atoms with Gasteiger partial charge in [0.05, 0.1) is 11.4 Å². The third-order valence-corrected chi connectivity index (χ3v) is 4.20. The Morgan fingerprint density at radius 3 is 2.45 bits per heavy atom. The Morgan fingerprint density at radius 2 is 1.91 bits per heavy atom. The molecule has 5 nitrogen and oxygen atoms in total. The first kappa shape index (κ1) is 17.5. The van der Waals surface area contributed by atoms with Crippen molar-refractivity contribution in [3.8, 4) is 0 Å². The summed E-state index contributed by atoms with van der Waals surface area (Å²) in [6.45, 7) is 6.86. The molecule has 1 aliphatic rings. The molecule has 8 heteroatoms. The molecule has 0 spiro atoms. The highest BCUT2D eigenvalue weighted by Gasteiger charge is 2.31. The molecule has 1 fully saturated rings. The Morgan fingerprint density at radius 1 is 1.27 bits per heavy atom. The molecule has 1 aromatic carbocycles. The molecular formula is C14H19Cl3N4O. The largest absolute Gasteiger partial charge is 0.399 e. The highest BCUT2D eigenvalue weighted by Crippen LogP contribution is 2.33. The zero-order valence-corrected chi connectivity index (χ0v) is 14.5. The number of rotatable bonds is 3. The van der Waals surface area contributed by atoms with Gasteiger partial charge in [0, 0.05) is 31.9 Å². The Labute approximate surface area is 145 Å². The minimum Gasteiger partial charge on any atom is -0.399 e. The lowest BCUT2D eigenvalue weighted by Crippen LogP contribution is -2.46. The van der Waals surface area contributed by atoms with Crippen LogP contribution in [0.3, 0.4) is 0 Å². The molecule has 0 saturated carbocycles. The van der Waals surface area contributed by atoms with Crippen molar-refractivity contribution in [2.75, 3.05) is 48.7 Å². The van der Waals surface area contributed by atoms with Crippen LogP contribution in [0.25, 0.3) is 0 Å². The maximum Gasteiger partial charge on any atom is 0.276 e. The van der Waals surface area contributed by atoms with E-state index in [1.807, 2.05) is 6.07 Å². The number of amides is 1. The fourth-order valence-electron chi connectivity index (χ4n) is 2.43. The van der Waals surface area contributed by atoms with Crippen LogP contribution in [0.4, 0.5) is 17.1 Å². The first-order valence-corrected chi connectivity index (χ1v) is 8.19. The Balaban J connectivity index is 2.19. The molecule has 122 valence electrons. The fourth-order valence-corrected chi connectivity index (χ4v) is 2.57. The number of alkyl halides is 3. The van der Waals surface area contributed by atoms with E-state index in [2.05, 4.69) is 22.0 Å². The monoisotopic (exact) mass is 364 g/mol. The fraction of sp³-hybridized carbons (Fsp3) is 0.500. The molecule has 0 aromatic heterocycles. The van der Waals surface area contributed by atoms with Gasteiger partial charge in [-0.25, -0.2) is 0 Å². The van der Waals surface area contributed by atoms with Crippen LogP contribution in [-0.4, -0.2) is 47.3 Å². The predicted molar refractivity (Wildman–Crippen MR) is 94.1 cm³/mol. The van der Waals surface area contributed by atoms with E-state index in [1.165, 1.54) is 0 Å². The minimum atomic E-state index is -2.01. The molecule has 1 amide bonds. The Bertz CT molecular complexity index is 539. The normalized spacial score (nSPS) is 16.6. The summed E-state index contributed by atoms with van der Waals surface area (Å²) in [6.07, 6.45) is 0. The third kappa shape index (κ3) is 4.32. The van der Waals surface area contributed by atoms with Crippen molar-refractivity contribution in [2.24, 2.45) is 0 Å². The van der Waals surface area contributed by atoms with Crippen LogP contribution in [0, 0.1) is 0 Å². The molecule has 1 aromatic rings. The second kappa shape index (κ2) is 7.13. The molecule has 0 bridgehead atoms. The molecular weight excluding hydrogens is 347 g/mol. The predicted octanol–water partition coefficient (Wildman–Crippen LogP) is 2.72. The lowest BCUT2D eigenvalue weighted by Gasteiger charge is -2.36. The minimum absolute atomic E-state index is 0.538. The summed E-state index contributed by atoms with van der Waals surface area (Å²) in [5, 5.41) is 2.64. The molecule has 22 heavy (non-hydrogen) atoms. The standard InChI is InChI=1S/C14H19Cl3N4O/c1-2-20-5-7-21(8-6-20)12-4-3-10(18)9-11(12)19-13(22)14(15,16)17/h3-4,9H,2,5-8,18H2,1H3,(H,19,22). The van der Waals surface area contributed by atoms with Gasteiger partial charge < -0.3 is 20.9 Å². The van der Waals surface area contributed by atoms with Gasteiger partial charge in [-0.2, -0.15) is 0 Å². The van der Waals surface area contributed by atoms with Gasteiger partial charge in [-0.3, -0.25) is 4.79 Å². The molecule has 0 aliphatic carbocycles. The summed E-state index contributed by atoms with van der Waals surface area (Å²) in [5.41, 5.74) is 7.78. The maximum absolute atomic E-state index is 11.9. The van der Waals surface area contributed by atoms with E-state index in [9.17, 15) is 4.79 Å². The van der Waals surface area contributed by atoms with E-state index in [-0.39, 0.29) is 0 Å². The van der Waals surface area contributed by atoms with Gasteiger partial charge in [-0.05, 0) is 24.7 Å². The number of hydrogen-bond donors (Lipinski definition) is 2. The molecule has 3 N–H and O–H groups in total. The van der Waals surface area contributed by atoms with Gasteiger partial charge >= 0.3 is 0 Å². The van der Waals surface area contributed by atoms with Crippen molar-refractivity contribution >= 4 is 57.8 Å². The highest BCUT2D eigenvalue weighted by molar-refractivity contribution is 6.76. The van der Waals surface area contributed by atoms with Crippen molar-refractivity contribution in [3.05, 3.63) is 18.2 Å². The van der Waals surface area contributed by atoms with E-state index in [1.54, 1.807) is 12.1 Å². The summed E-state index contributed by atoms with van der Waals surface area (Å²) in [6, 6.07) is 5.35. The second-order valence-corrected chi connectivity index (χ2v) is 7.43. The first-order chi connectivity index (χ1) is 10.3. The van der Waals surface area contributed by atoms with Crippen LogP contribution in [0.15, 0.2) is 18.2 Å². The van der Waals surface area contributed by atoms with E-state index in [4.69, 9.17) is 40.5 Å². The topological polar surface area (TPSA) is 61.6 Å². The summed E-state index contributed by atoms with van der Waals surface area (Å²) in [4.78, 5) is 16.5. The molecule has 1 aliphatic heterocycles. The number of carbonyl (C=O) groups is 1. The van der Waals surface area contributed by atoms with Crippen LogP contribution >= 0.6 is 34.8 Å².